The highest BCUT2D eigenvalue weighted by Gasteiger charge is 1.88. The molecular weight excluding hydrogens is 162 g/mol. The smallest absolute Gasteiger partial charge is 0.106 e. The van der Waals surface area contributed by atoms with Gasteiger partial charge in [-0.05, 0) is 18.9 Å². The molecule has 0 saturated carbocycles. The van der Waals surface area contributed by atoms with E-state index in [0.29, 0.717) is 0 Å². The molecule has 0 aliphatic carbocycles. The number of hydrogen-bond acceptors (Lipinski definition) is 2. The van der Waals surface area contributed by atoms with E-state index in [0.717, 1.165) is 6.42 Å². The summed E-state index contributed by atoms with van der Waals surface area (Å²) in [6.07, 6.45) is 14.1. The highest BCUT2D eigenvalue weighted by atomic mass is 16.6. The Morgan fingerprint density at radius 3 is 2.23 bits per heavy atom. The molecule has 0 aliphatic rings. The molecule has 2 heteroatoms. The maximum Gasteiger partial charge on any atom is 0.106 e. The third-order valence-corrected chi connectivity index (χ3v) is 2.15. The number of hydrogen-bond donors (Lipinski definition) is 1. The second-order valence-electron chi connectivity index (χ2n) is 3.42. The third kappa shape index (κ3) is 11.5. The Balaban J connectivity index is 2.87. The standard InChI is InChI=1S/C11H23NO/c1-2-3-4-5-6-7-8-9-10-11-13-12/h10-11H,2-9,12H2,1H3. The van der Waals surface area contributed by atoms with Crippen molar-refractivity contribution in [3.05, 3.63) is 12.3 Å². The van der Waals surface area contributed by atoms with Crippen LogP contribution in [0, 0.1) is 0 Å². The first-order chi connectivity index (χ1) is 6.41. The summed E-state index contributed by atoms with van der Waals surface area (Å²) in [4.78, 5) is 4.32. The minimum atomic E-state index is 1.09. The molecule has 0 unspecified atom stereocenters. The van der Waals surface area contributed by atoms with Crippen LogP contribution >= 0.6 is 0 Å². The number of allylic oxidation sites excluding steroid dienone is 1. The van der Waals surface area contributed by atoms with Gasteiger partial charge in [-0.3, -0.25) is 0 Å². The highest BCUT2D eigenvalue weighted by Crippen LogP contribution is 2.08. The van der Waals surface area contributed by atoms with E-state index in [1.165, 1.54) is 44.9 Å². The lowest BCUT2D eigenvalue weighted by atomic mass is 10.1. The van der Waals surface area contributed by atoms with Gasteiger partial charge in [0.2, 0.25) is 0 Å². The fourth-order valence-corrected chi connectivity index (χ4v) is 1.34. The molecule has 0 fully saturated rings. The zero-order valence-corrected chi connectivity index (χ0v) is 8.80. The van der Waals surface area contributed by atoms with Gasteiger partial charge in [-0.15, -0.1) is 0 Å². The van der Waals surface area contributed by atoms with E-state index in [1.54, 1.807) is 6.26 Å². The summed E-state index contributed by atoms with van der Waals surface area (Å²) in [6.45, 7) is 2.25. The van der Waals surface area contributed by atoms with Gasteiger partial charge in [0.1, 0.15) is 6.26 Å². The molecule has 0 aliphatic heterocycles. The molecule has 0 radical (unpaired) electrons. The summed E-state index contributed by atoms with van der Waals surface area (Å²) in [5.74, 6) is 4.84. The second-order valence-corrected chi connectivity index (χ2v) is 3.42. The van der Waals surface area contributed by atoms with Crippen molar-refractivity contribution in [1.82, 2.24) is 0 Å². The first-order valence-corrected chi connectivity index (χ1v) is 5.42. The van der Waals surface area contributed by atoms with Crippen molar-refractivity contribution in [2.45, 2.75) is 58.3 Å². The lowest BCUT2D eigenvalue weighted by molar-refractivity contribution is 0.260. The molecule has 0 aromatic rings. The number of nitrogens with two attached hydrogens (primary N) is 1. The molecule has 0 amide bonds. The fourth-order valence-electron chi connectivity index (χ4n) is 1.34. The molecular formula is C11H23NO. The summed E-state index contributed by atoms with van der Waals surface area (Å²) in [5, 5.41) is 0. The van der Waals surface area contributed by atoms with Crippen LogP contribution in [0.25, 0.3) is 0 Å². The van der Waals surface area contributed by atoms with Gasteiger partial charge in [-0.2, -0.15) is 5.90 Å². The molecule has 0 atom stereocenters. The molecule has 0 saturated heterocycles. The van der Waals surface area contributed by atoms with Crippen molar-refractivity contribution in [2.75, 3.05) is 0 Å². The Morgan fingerprint density at radius 2 is 1.62 bits per heavy atom. The van der Waals surface area contributed by atoms with E-state index >= 15 is 0 Å². The van der Waals surface area contributed by atoms with E-state index < -0.39 is 0 Å². The summed E-state index contributed by atoms with van der Waals surface area (Å²) < 4.78 is 0. The summed E-state index contributed by atoms with van der Waals surface area (Å²) >= 11 is 0. The van der Waals surface area contributed by atoms with Gasteiger partial charge in [0, 0.05) is 0 Å². The van der Waals surface area contributed by atoms with Crippen molar-refractivity contribution in [3.8, 4) is 0 Å². The van der Waals surface area contributed by atoms with Crippen molar-refractivity contribution >= 4 is 0 Å². The van der Waals surface area contributed by atoms with Gasteiger partial charge < -0.3 is 4.84 Å². The zero-order valence-electron chi connectivity index (χ0n) is 8.80. The summed E-state index contributed by atoms with van der Waals surface area (Å²) in [7, 11) is 0. The predicted octanol–water partition coefficient (Wildman–Crippen LogP) is 3.53. The maximum absolute atomic E-state index is 4.84. The molecule has 2 nitrogen and oxygen atoms in total. The van der Waals surface area contributed by atoms with Crippen molar-refractivity contribution in [2.24, 2.45) is 5.90 Å². The van der Waals surface area contributed by atoms with Crippen LogP contribution in [0.15, 0.2) is 12.3 Å². The second kappa shape index (κ2) is 11.5. The molecule has 0 bridgehead atoms. The van der Waals surface area contributed by atoms with Gasteiger partial charge >= 0.3 is 0 Å². The van der Waals surface area contributed by atoms with E-state index in [-0.39, 0.29) is 0 Å². The van der Waals surface area contributed by atoms with Gasteiger partial charge in [-0.1, -0.05) is 45.4 Å². The van der Waals surface area contributed by atoms with Crippen LogP contribution in [-0.4, -0.2) is 0 Å². The maximum atomic E-state index is 4.84. The van der Waals surface area contributed by atoms with Crippen LogP contribution in [0.4, 0.5) is 0 Å². The lowest BCUT2D eigenvalue weighted by Crippen LogP contribution is -1.87. The zero-order chi connectivity index (χ0) is 9.78. The van der Waals surface area contributed by atoms with Crippen LogP contribution in [-0.2, 0) is 4.84 Å². The quantitative estimate of drug-likeness (QED) is 0.339. The van der Waals surface area contributed by atoms with E-state index in [2.05, 4.69) is 11.8 Å². The normalized spacial score (nSPS) is 10.9. The Kier molecular flexibility index (Phi) is 11.1. The van der Waals surface area contributed by atoms with Crippen LogP contribution in [0.2, 0.25) is 0 Å². The van der Waals surface area contributed by atoms with Crippen molar-refractivity contribution < 1.29 is 4.84 Å². The van der Waals surface area contributed by atoms with Crippen molar-refractivity contribution in [1.29, 1.82) is 0 Å². The predicted molar refractivity (Wildman–Crippen MR) is 57.0 cm³/mol. The summed E-state index contributed by atoms with van der Waals surface area (Å²) in [6, 6.07) is 0. The Bertz CT molecular complexity index is 113. The van der Waals surface area contributed by atoms with Crippen LogP contribution in [0.3, 0.4) is 0 Å². The van der Waals surface area contributed by atoms with Gasteiger partial charge in [0.15, 0.2) is 0 Å². The minimum Gasteiger partial charge on any atom is -0.420 e. The number of unbranched alkanes of at least 4 members (excludes halogenated alkanes) is 7. The third-order valence-electron chi connectivity index (χ3n) is 2.15. The van der Waals surface area contributed by atoms with Crippen LogP contribution in [0.5, 0.6) is 0 Å². The van der Waals surface area contributed by atoms with Crippen LogP contribution in [0.1, 0.15) is 58.3 Å². The highest BCUT2D eigenvalue weighted by molar-refractivity contribution is 4.72. The van der Waals surface area contributed by atoms with Gasteiger partial charge in [-0.25, -0.2) is 0 Å². The minimum absolute atomic E-state index is 1.09. The molecule has 0 heterocycles. The molecule has 0 rings (SSSR count). The molecule has 78 valence electrons. The van der Waals surface area contributed by atoms with Crippen molar-refractivity contribution in [3.63, 3.8) is 0 Å². The largest absolute Gasteiger partial charge is 0.420 e. The first-order valence-electron chi connectivity index (χ1n) is 5.42. The Hall–Kier alpha value is -0.500. The van der Waals surface area contributed by atoms with E-state index in [1.807, 2.05) is 6.08 Å². The van der Waals surface area contributed by atoms with E-state index in [4.69, 9.17) is 5.90 Å². The Morgan fingerprint density at radius 1 is 1.00 bits per heavy atom. The average Bonchev–Trinajstić information content (AvgIpc) is 2.16. The topological polar surface area (TPSA) is 35.2 Å². The summed E-state index contributed by atoms with van der Waals surface area (Å²) in [5.41, 5.74) is 0. The molecule has 0 aromatic heterocycles. The first kappa shape index (κ1) is 12.5. The van der Waals surface area contributed by atoms with Crippen LogP contribution < -0.4 is 5.90 Å². The SMILES string of the molecule is CCCCCCCCCC=CON. The molecule has 13 heavy (non-hydrogen) atoms. The molecule has 0 spiro atoms. The molecule has 0 aromatic carbocycles. The van der Waals surface area contributed by atoms with Gasteiger partial charge in [0.25, 0.3) is 0 Å². The van der Waals surface area contributed by atoms with E-state index in [9.17, 15) is 0 Å². The Labute approximate surface area is 82.1 Å². The fraction of sp³-hybridized carbons (Fsp3) is 0.818. The van der Waals surface area contributed by atoms with Gasteiger partial charge in [0.05, 0.1) is 0 Å². The molecule has 2 N–H and O–H groups in total. The average molecular weight is 185 g/mol. The monoisotopic (exact) mass is 185 g/mol. The number of rotatable bonds is 9. The lowest BCUT2D eigenvalue weighted by Gasteiger charge is -1.98.